The van der Waals surface area contributed by atoms with Gasteiger partial charge >= 0.3 is 33.9 Å². The molecule has 5 heteroatoms. The Kier molecular flexibility index (Phi) is 31.8. The second-order valence-electron chi connectivity index (χ2n) is 3.82. The molecule has 0 bridgehead atoms. The number of hydrogen-bond acceptors (Lipinski definition) is 1. The van der Waals surface area contributed by atoms with Gasteiger partial charge in [-0.2, -0.15) is 0 Å². The van der Waals surface area contributed by atoms with Gasteiger partial charge in [0.25, 0.3) is 0 Å². The molecule has 0 aliphatic heterocycles. The van der Waals surface area contributed by atoms with Crippen LogP contribution >= 0.6 is 0 Å². The van der Waals surface area contributed by atoms with E-state index >= 15 is 0 Å². The van der Waals surface area contributed by atoms with Crippen molar-refractivity contribution in [3.8, 4) is 5.75 Å². The molecule has 0 aliphatic carbocycles. The van der Waals surface area contributed by atoms with Crippen LogP contribution in [0.3, 0.4) is 0 Å². The summed E-state index contributed by atoms with van der Waals surface area (Å²) in [6, 6.07) is 8.41. The Morgan fingerprint density at radius 1 is 1.00 bits per heavy atom. The van der Waals surface area contributed by atoms with E-state index in [1.807, 2.05) is 12.1 Å². The molecule has 0 saturated heterocycles. The molecule has 1 atom stereocenters. The van der Waals surface area contributed by atoms with Crippen LogP contribution in [0.5, 0.6) is 5.75 Å². The molecule has 1 rings (SSSR count). The van der Waals surface area contributed by atoms with Crippen molar-refractivity contribution in [2.45, 2.75) is 39.0 Å². The van der Waals surface area contributed by atoms with Crippen LogP contribution in [0.25, 0.3) is 0 Å². The fourth-order valence-electron chi connectivity index (χ4n) is 1.61. The zero-order valence-electron chi connectivity index (χ0n) is 12.5. The van der Waals surface area contributed by atoms with E-state index in [2.05, 4.69) is 45.9 Å². The minimum atomic E-state index is 0. The summed E-state index contributed by atoms with van der Waals surface area (Å²) in [5, 5.41) is 0. The summed E-state index contributed by atoms with van der Waals surface area (Å²) in [6.07, 6.45) is 3.87. The van der Waals surface area contributed by atoms with Gasteiger partial charge in [0, 0.05) is 17.4 Å². The van der Waals surface area contributed by atoms with Crippen LogP contribution in [0.15, 0.2) is 24.3 Å². The molecule has 0 saturated carbocycles. The van der Waals surface area contributed by atoms with Gasteiger partial charge in [-0.25, -0.2) is 0 Å². The van der Waals surface area contributed by atoms with Crippen molar-refractivity contribution < 1.29 is 36.1 Å². The van der Waals surface area contributed by atoms with Crippen LogP contribution in [-0.2, 0) is 31.3 Å². The van der Waals surface area contributed by atoms with Crippen LogP contribution in [-0.4, -0.2) is 7.11 Å². The summed E-state index contributed by atoms with van der Waals surface area (Å²) >= 11 is 0. The molecular formula is C16H20CrO4. The smallest absolute Gasteiger partial charge is 0 e. The van der Waals surface area contributed by atoms with Crippen molar-refractivity contribution >= 4 is 0 Å². The summed E-state index contributed by atoms with van der Waals surface area (Å²) in [6.45, 7) is 18.0. The van der Waals surface area contributed by atoms with Gasteiger partial charge in [0.1, 0.15) is 5.75 Å². The van der Waals surface area contributed by atoms with Crippen LogP contribution in [0.2, 0.25) is 0 Å². The van der Waals surface area contributed by atoms with Crippen LogP contribution in [0, 0.1) is 20.0 Å². The summed E-state index contributed by atoms with van der Waals surface area (Å²) in [5.74, 6) is 1.61. The number of hydrogen-bond donors (Lipinski definition) is 0. The zero-order chi connectivity index (χ0) is 16.4. The second kappa shape index (κ2) is 23.8. The minimum Gasteiger partial charge on any atom is 0 e. The van der Waals surface area contributed by atoms with Gasteiger partial charge < -0.3 is 4.74 Å². The number of ether oxygens (including phenoxy) is 1. The molecule has 114 valence electrons. The van der Waals surface area contributed by atoms with Crippen molar-refractivity contribution in [1.82, 2.24) is 0 Å². The van der Waals surface area contributed by atoms with Gasteiger partial charge in [-0.15, -0.1) is 0 Å². The fraction of sp³-hybridized carbons (Fsp3) is 0.438. The van der Waals surface area contributed by atoms with E-state index in [4.69, 9.17) is 18.7 Å². The second-order valence-corrected chi connectivity index (χ2v) is 3.82. The Hall–Kier alpha value is -1.23. The predicted octanol–water partition coefficient (Wildman–Crippen LogP) is 3.87. The van der Waals surface area contributed by atoms with Crippen molar-refractivity contribution in [2.24, 2.45) is 0 Å². The van der Waals surface area contributed by atoms with Gasteiger partial charge in [-0.3, -0.25) is 0 Å². The molecule has 0 aromatic heterocycles. The van der Waals surface area contributed by atoms with Gasteiger partial charge in [0.15, 0.2) is 0 Å². The summed E-state index contributed by atoms with van der Waals surface area (Å²) in [5.41, 5.74) is 1.42. The molecule has 0 fully saturated rings. The quantitative estimate of drug-likeness (QED) is 0.597. The van der Waals surface area contributed by atoms with E-state index in [1.165, 1.54) is 24.8 Å². The summed E-state index contributed by atoms with van der Waals surface area (Å²) < 4.78 is 27.6. The number of methoxy groups -OCH3 is 1. The Labute approximate surface area is 138 Å². The molecular weight excluding hydrogens is 308 g/mol. The maximum absolute atomic E-state index is 7.50. The standard InChI is InChI=1S/C13H20O.3CO.Cr/c1-4-5-6-11(2)12-7-9-13(14-3)10-8-12;3*1-2;/h7-11H,4-6H2,1-3H3;;;;/t11-;;;;/m1..../s1. The third-order valence-corrected chi connectivity index (χ3v) is 2.68. The van der Waals surface area contributed by atoms with Crippen LogP contribution in [0.1, 0.15) is 44.6 Å². The Morgan fingerprint density at radius 3 is 1.76 bits per heavy atom. The average molecular weight is 328 g/mol. The van der Waals surface area contributed by atoms with E-state index in [0.717, 1.165) is 5.75 Å². The minimum absolute atomic E-state index is 0. The molecule has 4 nitrogen and oxygen atoms in total. The molecule has 0 amide bonds. The normalized spacial score (nSPS) is 8.62. The first-order chi connectivity index (χ1) is 9.77. The van der Waals surface area contributed by atoms with E-state index in [-0.39, 0.29) is 17.4 Å². The van der Waals surface area contributed by atoms with Gasteiger partial charge in [-0.1, -0.05) is 38.8 Å². The molecule has 0 spiro atoms. The largest absolute Gasteiger partial charge is 0 e. The van der Waals surface area contributed by atoms with E-state index < -0.39 is 0 Å². The molecule has 21 heavy (non-hydrogen) atoms. The Balaban J connectivity index is -0.000000183. The van der Waals surface area contributed by atoms with Gasteiger partial charge in [0.2, 0.25) is 0 Å². The molecule has 0 unspecified atom stereocenters. The molecule has 1 aromatic rings. The Morgan fingerprint density at radius 2 is 1.43 bits per heavy atom. The SMILES string of the molecule is CCCC[C@@H](C)c1ccc(OC)cc1.[C-]#[O+].[C-]#[O+].[C-]#[O+].[Cr]. The van der Waals surface area contributed by atoms with Crippen LogP contribution in [0.4, 0.5) is 0 Å². The van der Waals surface area contributed by atoms with Crippen molar-refractivity contribution in [3.63, 3.8) is 0 Å². The van der Waals surface area contributed by atoms with E-state index in [1.54, 1.807) is 7.11 Å². The van der Waals surface area contributed by atoms with Crippen LogP contribution < -0.4 is 4.74 Å². The summed E-state index contributed by atoms with van der Waals surface area (Å²) in [4.78, 5) is 0. The maximum atomic E-state index is 7.50. The molecule has 0 N–H and O–H groups in total. The number of unbranched alkanes of at least 4 members (excludes halogenated alkanes) is 1. The van der Waals surface area contributed by atoms with Crippen molar-refractivity contribution in [2.75, 3.05) is 7.11 Å². The zero-order valence-corrected chi connectivity index (χ0v) is 13.8. The average Bonchev–Trinajstić information content (AvgIpc) is 2.58. The molecule has 0 radical (unpaired) electrons. The van der Waals surface area contributed by atoms with Crippen molar-refractivity contribution in [1.29, 1.82) is 0 Å². The van der Waals surface area contributed by atoms with E-state index in [9.17, 15) is 0 Å². The first kappa shape index (κ1) is 28.0. The van der Waals surface area contributed by atoms with E-state index in [0.29, 0.717) is 5.92 Å². The fourth-order valence-corrected chi connectivity index (χ4v) is 1.61. The third-order valence-electron chi connectivity index (χ3n) is 2.68. The van der Waals surface area contributed by atoms with Gasteiger partial charge in [0.05, 0.1) is 7.11 Å². The number of benzene rings is 1. The number of rotatable bonds is 5. The summed E-state index contributed by atoms with van der Waals surface area (Å²) in [7, 11) is 1.70. The molecule has 0 heterocycles. The Bertz CT molecular complexity index is 354. The van der Waals surface area contributed by atoms with Crippen molar-refractivity contribution in [3.05, 3.63) is 49.8 Å². The first-order valence-electron chi connectivity index (χ1n) is 6.03. The molecule has 1 aromatic carbocycles. The predicted molar refractivity (Wildman–Crippen MR) is 72.7 cm³/mol. The topological polar surface area (TPSA) is 68.9 Å². The van der Waals surface area contributed by atoms with Gasteiger partial charge in [-0.05, 0) is 30.0 Å². The monoisotopic (exact) mass is 328 g/mol. The third kappa shape index (κ3) is 15.0. The molecule has 0 aliphatic rings. The first-order valence-corrected chi connectivity index (χ1v) is 6.03. The maximum Gasteiger partial charge on any atom is 0 e.